The molecule has 3 aliphatic heterocycles. The van der Waals surface area contributed by atoms with Crippen molar-refractivity contribution in [1.29, 1.82) is 0 Å². The molecule has 0 aliphatic carbocycles. The Balaban J connectivity index is 1.43. The second-order valence-corrected chi connectivity index (χ2v) is 9.50. The van der Waals surface area contributed by atoms with Gasteiger partial charge in [0.15, 0.2) is 0 Å². The second kappa shape index (κ2) is 8.58. The topological polar surface area (TPSA) is 53.1 Å². The molecule has 164 valence electrons. The van der Waals surface area contributed by atoms with Crippen molar-refractivity contribution in [3.8, 4) is 5.75 Å². The lowest BCUT2D eigenvalue weighted by Crippen LogP contribution is -2.49. The van der Waals surface area contributed by atoms with Crippen LogP contribution in [0.5, 0.6) is 5.75 Å². The van der Waals surface area contributed by atoms with Gasteiger partial charge in [0.1, 0.15) is 5.75 Å². The highest BCUT2D eigenvalue weighted by atomic mass is 16.5. The predicted molar refractivity (Wildman–Crippen MR) is 116 cm³/mol. The third-order valence-corrected chi connectivity index (χ3v) is 7.32. The summed E-state index contributed by atoms with van der Waals surface area (Å²) in [5.74, 6) is 1.54. The molecule has 0 N–H and O–H groups in total. The molecule has 0 spiro atoms. The quantitative estimate of drug-likeness (QED) is 0.719. The van der Waals surface area contributed by atoms with E-state index in [9.17, 15) is 9.59 Å². The van der Waals surface area contributed by atoms with Gasteiger partial charge in [-0.3, -0.25) is 14.5 Å². The van der Waals surface area contributed by atoms with Gasteiger partial charge in [0.25, 0.3) is 0 Å². The first-order valence-corrected chi connectivity index (χ1v) is 11.4. The van der Waals surface area contributed by atoms with Crippen molar-refractivity contribution in [3.05, 3.63) is 29.8 Å². The average Bonchev–Trinajstić information content (AvgIpc) is 3.46. The standard InChI is InChI=1S/C24H35N3O3/c1-18(2)26-14-20-15-27(17-24(20,16-26)23(29)25-12-4-5-13-25)22(28)11-8-19-6-9-21(30-3)10-7-19/h6-7,9-10,18,20H,4-5,8,11-17H2,1-3H3/t20-,24-/m0/s1. The lowest BCUT2D eigenvalue weighted by molar-refractivity contribution is -0.141. The van der Waals surface area contributed by atoms with Gasteiger partial charge in [-0.2, -0.15) is 0 Å². The molecule has 6 nitrogen and oxygen atoms in total. The van der Waals surface area contributed by atoms with Crippen LogP contribution in [-0.4, -0.2) is 78.9 Å². The van der Waals surface area contributed by atoms with Crippen molar-refractivity contribution in [2.45, 2.75) is 45.6 Å². The maximum Gasteiger partial charge on any atom is 0.232 e. The minimum atomic E-state index is -0.412. The van der Waals surface area contributed by atoms with E-state index >= 15 is 0 Å². The highest BCUT2D eigenvalue weighted by Gasteiger charge is 2.59. The van der Waals surface area contributed by atoms with Crippen molar-refractivity contribution in [2.24, 2.45) is 11.3 Å². The highest BCUT2D eigenvalue weighted by Crippen LogP contribution is 2.45. The fourth-order valence-corrected chi connectivity index (χ4v) is 5.43. The van der Waals surface area contributed by atoms with Gasteiger partial charge >= 0.3 is 0 Å². The molecule has 1 aromatic rings. The van der Waals surface area contributed by atoms with E-state index in [0.717, 1.165) is 56.8 Å². The van der Waals surface area contributed by atoms with Gasteiger partial charge in [-0.1, -0.05) is 12.1 Å². The molecule has 2 atom stereocenters. The minimum absolute atomic E-state index is 0.171. The average molecular weight is 414 g/mol. The molecule has 30 heavy (non-hydrogen) atoms. The third kappa shape index (κ3) is 3.94. The smallest absolute Gasteiger partial charge is 0.232 e. The van der Waals surface area contributed by atoms with Crippen LogP contribution in [0.15, 0.2) is 24.3 Å². The SMILES string of the molecule is COc1ccc(CCC(=O)N2C[C@@H]3CN(C(C)C)C[C@]3(C(=O)N3CCCC3)C2)cc1. The number of fused-ring (bicyclic) bond motifs is 1. The van der Waals surface area contributed by atoms with Crippen molar-refractivity contribution in [3.63, 3.8) is 0 Å². The van der Waals surface area contributed by atoms with Crippen molar-refractivity contribution in [1.82, 2.24) is 14.7 Å². The van der Waals surface area contributed by atoms with Crippen LogP contribution in [0.2, 0.25) is 0 Å². The van der Waals surface area contributed by atoms with E-state index in [-0.39, 0.29) is 11.8 Å². The van der Waals surface area contributed by atoms with Crippen molar-refractivity contribution in [2.75, 3.05) is 46.4 Å². The monoisotopic (exact) mass is 413 g/mol. The Labute approximate surface area is 180 Å². The van der Waals surface area contributed by atoms with E-state index in [4.69, 9.17) is 4.74 Å². The van der Waals surface area contributed by atoms with Gasteiger partial charge in [-0.25, -0.2) is 0 Å². The molecule has 0 unspecified atom stereocenters. The van der Waals surface area contributed by atoms with Crippen LogP contribution in [0.25, 0.3) is 0 Å². The van der Waals surface area contributed by atoms with Crippen LogP contribution in [0.3, 0.4) is 0 Å². The van der Waals surface area contributed by atoms with E-state index < -0.39 is 5.41 Å². The van der Waals surface area contributed by atoms with E-state index in [1.807, 2.05) is 29.2 Å². The van der Waals surface area contributed by atoms with Gasteiger partial charge in [-0.15, -0.1) is 0 Å². The van der Waals surface area contributed by atoms with E-state index in [2.05, 4.69) is 23.6 Å². The molecular weight excluding hydrogens is 378 g/mol. The fourth-order valence-electron chi connectivity index (χ4n) is 5.43. The number of likely N-dealkylation sites (tertiary alicyclic amines) is 3. The first-order valence-electron chi connectivity index (χ1n) is 11.4. The number of methoxy groups -OCH3 is 1. The summed E-state index contributed by atoms with van der Waals surface area (Å²) in [5.41, 5.74) is 0.724. The zero-order valence-corrected chi connectivity index (χ0v) is 18.6. The zero-order valence-electron chi connectivity index (χ0n) is 18.6. The number of rotatable bonds is 6. The van der Waals surface area contributed by atoms with Gasteiger partial charge in [0.05, 0.1) is 12.5 Å². The van der Waals surface area contributed by atoms with Crippen molar-refractivity contribution < 1.29 is 14.3 Å². The molecule has 2 amide bonds. The molecule has 3 fully saturated rings. The number of hydrogen-bond donors (Lipinski definition) is 0. The number of amides is 2. The summed E-state index contributed by atoms with van der Waals surface area (Å²) in [6.07, 6.45) is 3.41. The Bertz CT molecular complexity index is 772. The largest absolute Gasteiger partial charge is 0.497 e. The lowest BCUT2D eigenvalue weighted by atomic mass is 9.79. The summed E-state index contributed by atoms with van der Waals surface area (Å²) < 4.78 is 5.20. The maximum atomic E-state index is 13.6. The zero-order chi connectivity index (χ0) is 21.3. The molecule has 0 radical (unpaired) electrons. The summed E-state index contributed by atoms with van der Waals surface area (Å²) in [6.45, 7) is 9.15. The predicted octanol–water partition coefficient (Wildman–Crippen LogP) is 2.42. The first-order chi connectivity index (χ1) is 14.4. The second-order valence-electron chi connectivity index (χ2n) is 9.50. The molecule has 1 aromatic carbocycles. The molecule has 3 aliphatic rings. The molecule has 4 rings (SSSR count). The number of nitrogens with zero attached hydrogens (tertiary/aromatic N) is 3. The lowest BCUT2D eigenvalue weighted by Gasteiger charge is -2.33. The molecule has 6 heteroatoms. The number of benzene rings is 1. The fraction of sp³-hybridized carbons (Fsp3) is 0.667. The minimum Gasteiger partial charge on any atom is -0.497 e. The third-order valence-electron chi connectivity index (χ3n) is 7.32. The molecular formula is C24H35N3O3. The number of carbonyl (C=O) groups excluding carboxylic acids is 2. The molecule has 3 heterocycles. The highest BCUT2D eigenvalue weighted by molar-refractivity contribution is 5.87. The van der Waals surface area contributed by atoms with Crippen LogP contribution in [0.1, 0.15) is 38.7 Å². The van der Waals surface area contributed by atoms with Gasteiger partial charge < -0.3 is 14.5 Å². The summed E-state index contributed by atoms with van der Waals surface area (Å²) in [5, 5.41) is 0. The number of ether oxygens (including phenoxy) is 1. The maximum absolute atomic E-state index is 13.6. The van der Waals surface area contributed by atoms with E-state index in [0.29, 0.717) is 31.5 Å². The van der Waals surface area contributed by atoms with E-state index in [1.165, 1.54) is 0 Å². The molecule has 3 saturated heterocycles. The van der Waals surface area contributed by atoms with E-state index in [1.54, 1.807) is 7.11 Å². The Morgan fingerprint density at radius 1 is 1.07 bits per heavy atom. The Kier molecular flexibility index (Phi) is 6.05. The Morgan fingerprint density at radius 3 is 2.40 bits per heavy atom. The van der Waals surface area contributed by atoms with Crippen molar-refractivity contribution >= 4 is 11.8 Å². The number of aryl methyl sites for hydroxylation is 1. The summed E-state index contributed by atoms with van der Waals surface area (Å²) in [6, 6.07) is 8.33. The van der Waals surface area contributed by atoms with Crippen LogP contribution < -0.4 is 4.74 Å². The first kappa shape index (κ1) is 21.2. The summed E-state index contributed by atoms with van der Waals surface area (Å²) in [4.78, 5) is 33.1. The Morgan fingerprint density at radius 2 is 1.77 bits per heavy atom. The summed E-state index contributed by atoms with van der Waals surface area (Å²) >= 11 is 0. The van der Waals surface area contributed by atoms with Crippen LogP contribution >= 0.6 is 0 Å². The van der Waals surface area contributed by atoms with Crippen LogP contribution in [-0.2, 0) is 16.0 Å². The molecule has 0 bridgehead atoms. The summed E-state index contributed by atoms with van der Waals surface area (Å²) in [7, 11) is 1.66. The van der Waals surface area contributed by atoms with Gasteiger partial charge in [0.2, 0.25) is 11.8 Å². The normalized spacial score (nSPS) is 26.5. The van der Waals surface area contributed by atoms with Crippen LogP contribution in [0, 0.1) is 11.3 Å². The van der Waals surface area contributed by atoms with Gasteiger partial charge in [-0.05, 0) is 50.8 Å². The molecule has 0 aromatic heterocycles. The molecule has 0 saturated carbocycles. The number of hydrogen-bond acceptors (Lipinski definition) is 4. The number of carbonyl (C=O) groups is 2. The van der Waals surface area contributed by atoms with Gasteiger partial charge in [0, 0.05) is 57.6 Å². The Hall–Kier alpha value is -2.08. The van der Waals surface area contributed by atoms with Crippen LogP contribution in [0.4, 0.5) is 0 Å².